The number of esters is 2. The minimum Gasteiger partial charge on any atom is -0.463 e. The number of aliphatic hydroxyl groups is 1. The summed E-state index contributed by atoms with van der Waals surface area (Å²) in [5.41, 5.74) is 0. The third kappa shape index (κ3) is 34.9. The van der Waals surface area contributed by atoms with Crippen LogP contribution < -0.4 is 0 Å². The maximum atomic E-state index is 11.9. The number of rotatable bonds is 34. The van der Waals surface area contributed by atoms with Gasteiger partial charge < -0.3 is 14.6 Å². The van der Waals surface area contributed by atoms with Crippen LogP contribution in [0.3, 0.4) is 0 Å². The van der Waals surface area contributed by atoms with E-state index in [0.717, 1.165) is 51.4 Å². The van der Waals surface area contributed by atoms with Crippen LogP contribution in [0.25, 0.3) is 0 Å². The molecule has 0 rings (SSSR count). The van der Waals surface area contributed by atoms with Crippen molar-refractivity contribution in [3.05, 3.63) is 24.3 Å². The zero-order valence-corrected chi connectivity index (χ0v) is 29.2. The van der Waals surface area contributed by atoms with Gasteiger partial charge in [-0.05, 0) is 44.9 Å². The van der Waals surface area contributed by atoms with Gasteiger partial charge in [0.1, 0.15) is 19.3 Å². The van der Waals surface area contributed by atoms with Crippen LogP contribution in [-0.4, -0.2) is 36.4 Å². The third-order valence-electron chi connectivity index (χ3n) is 8.19. The molecule has 0 aliphatic heterocycles. The molecule has 0 aromatic carbocycles. The summed E-state index contributed by atoms with van der Waals surface area (Å²) >= 11 is 0. The van der Waals surface area contributed by atoms with Gasteiger partial charge in [-0.2, -0.15) is 0 Å². The third-order valence-corrected chi connectivity index (χ3v) is 8.19. The summed E-state index contributed by atoms with van der Waals surface area (Å²) in [6.07, 6.45) is 40.8. The van der Waals surface area contributed by atoms with E-state index in [-0.39, 0.29) is 25.2 Å². The molecule has 0 aromatic rings. The molecule has 0 amide bonds. The number of hydrogen-bond acceptors (Lipinski definition) is 5. The van der Waals surface area contributed by atoms with Gasteiger partial charge >= 0.3 is 11.9 Å². The minimum absolute atomic E-state index is 0.117. The van der Waals surface area contributed by atoms with Crippen molar-refractivity contribution in [2.24, 2.45) is 0 Å². The Labute approximate surface area is 273 Å². The topological polar surface area (TPSA) is 72.8 Å². The number of carbonyl (C=O) groups is 2. The van der Waals surface area contributed by atoms with Crippen molar-refractivity contribution in [3.8, 4) is 0 Å². The SMILES string of the molecule is CCCCC/C=C\C/C=C\CCCCCCCC(=O)OC[C@@H](O)COC(=O)CCCCCCCCCCCCCCCCC. The molecule has 0 unspecified atom stereocenters. The van der Waals surface area contributed by atoms with Crippen LogP contribution in [0.5, 0.6) is 0 Å². The molecule has 258 valence electrons. The predicted molar refractivity (Wildman–Crippen MR) is 187 cm³/mol. The van der Waals surface area contributed by atoms with E-state index in [2.05, 4.69) is 38.2 Å². The largest absolute Gasteiger partial charge is 0.463 e. The molecule has 0 fully saturated rings. The molecule has 1 atom stereocenters. The van der Waals surface area contributed by atoms with Crippen LogP contribution in [0.1, 0.15) is 194 Å². The van der Waals surface area contributed by atoms with Gasteiger partial charge in [0.25, 0.3) is 0 Å². The fourth-order valence-electron chi connectivity index (χ4n) is 5.29. The van der Waals surface area contributed by atoms with Gasteiger partial charge in [0.15, 0.2) is 0 Å². The molecular weight excluding hydrogens is 548 g/mol. The van der Waals surface area contributed by atoms with E-state index in [9.17, 15) is 14.7 Å². The van der Waals surface area contributed by atoms with Gasteiger partial charge in [0.2, 0.25) is 0 Å². The predicted octanol–water partition coefficient (Wildman–Crippen LogP) is 11.5. The van der Waals surface area contributed by atoms with Crippen molar-refractivity contribution in [2.45, 2.75) is 200 Å². The minimum atomic E-state index is -0.964. The molecule has 0 radical (unpaired) electrons. The average Bonchev–Trinajstić information content (AvgIpc) is 3.02. The van der Waals surface area contributed by atoms with Crippen molar-refractivity contribution >= 4 is 11.9 Å². The molecule has 0 aliphatic rings. The highest BCUT2D eigenvalue weighted by atomic mass is 16.6. The molecule has 0 bridgehead atoms. The number of aliphatic hydroxyl groups excluding tert-OH is 1. The number of hydrogen-bond donors (Lipinski definition) is 1. The first-order valence-corrected chi connectivity index (χ1v) is 18.9. The molecule has 0 heterocycles. The summed E-state index contributed by atoms with van der Waals surface area (Å²) in [6, 6.07) is 0. The maximum absolute atomic E-state index is 11.9. The van der Waals surface area contributed by atoms with Crippen LogP contribution in [0, 0.1) is 0 Å². The molecule has 1 N–H and O–H groups in total. The van der Waals surface area contributed by atoms with Crippen molar-refractivity contribution in [1.29, 1.82) is 0 Å². The van der Waals surface area contributed by atoms with Crippen LogP contribution in [0.4, 0.5) is 0 Å². The summed E-state index contributed by atoms with van der Waals surface area (Å²) in [4.78, 5) is 23.9. The molecular formula is C39H72O5. The standard InChI is InChI=1S/C39H72O5/c1-3-5-7-9-11-13-15-17-19-21-23-25-27-29-31-33-38(41)43-35-37(40)36-44-39(42)34-32-30-28-26-24-22-20-18-16-14-12-10-8-6-4-2/h11,13,17,19,37,40H,3-10,12,14-16,18,20-36H2,1-2H3/b13-11-,19-17-/t37-/m1/s1. The molecule has 0 saturated heterocycles. The number of ether oxygens (including phenoxy) is 2. The molecule has 0 aromatic heterocycles. The summed E-state index contributed by atoms with van der Waals surface area (Å²) in [7, 11) is 0. The Balaban J connectivity index is 3.44. The lowest BCUT2D eigenvalue weighted by molar-refractivity contribution is -0.152. The lowest BCUT2D eigenvalue weighted by atomic mass is 10.0. The van der Waals surface area contributed by atoms with Gasteiger partial charge in [-0.25, -0.2) is 0 Å². The van der Waals surface area contributed by atoms with E-state index >= 15 is 0 Å². The monoisotopic (exact) mass is 621 g/mol. The maximum Gasteiger partial charge on any atom is 0.305 e. The molecule has 5 heteroatoms. The van der Waals surface area contributed by atoms with Gasteiger partial charge in [-0.1, -0.05) is 160 Å². The van der Waals surface area contributed by atoms with Crippen molar-refractivity contribution in [2.75, 3.05) is 13.2 Å². The first-order valence-electron chi connectivity index (χ1n) is 18.9. The first kappa shape index (κ1) is 42.4. The van der Waals surface area contributed by atoms with Gasteiger partial charge in [0, 0.05) is 12.8 Å². The van der Waals surface area contributed by atoms with Crippen molar-refractivity contribution in [3.63, 3.8) is 0 Å². The Morgan fingerprint density at radius 2 is 0.795 bits per heavy atom. The zero-order chi connectivity index (χ0) is 32.2. The molecule has 5 nitrogen and oxygen atoms in total. The highest BCUT2D eigenvalue weighted by molar-refractivity contribution is 5.69. The van der Waals surface area contributed by atoms with Crippen LogP contribution in [0.15, 0.2) is 24.3 Å². The van der Waals surface area contributed by atoms with E-state index in [0.29, 0.717) is 12.8 Å². The summed E-state index contributed by atoms with van der Waals surface area (Å²) in [5, 5.41) is 9.99. The highest BCUT2D eigenvalue weighted by Gasteiger charge is 2.12. The van der Waals surface area contributed by atoms with Crippen LogP contribution in [0.2, 0.25) is 0 Å². The quantitative estimate of drug-likeness (QED) is 0.0440. The Kier molecular flexibility index (Phi) is 34.5. The number of unbranched alkanes of at least 4 members (excludes halogenated alkanes) is 22. The smallest absolute Gasteiger partial charge is 0.305 e. The van der Waals surface area contributed by atoms with E-state index in [1.807, 2.05) is 0 Å². The fraction of sp³-hybridized carbons (Fsp3) is 0.846. The van der Waals surface area contributed by atoms with E-state index < -0.39 is 6.10 Å². The Bertz CT molecular complexity index is 671. The van der Waals surface area contributed by atoms with E-state index in [4.69, 9.17) is 9.47 Å². The number of carbonyl (C=O) groups excluding carboxylic acids is 2. The molecule has 0 saturated carbocycles. The highest BCUT2D eigenvalue weighted by Crippen LogP contribution is 2.14. The van der Waals surface area contributed by atoms with E-state index in [1.165, 1.54) is 116 Å². The average molecular weight is 621 g/mol. The Hall–Kier alpha value is -1.62. The number of allylic oxidation sites excluding steroid dienone is 4. The lowest BCUT2D eigenvalue weighted by Crippen LogP contribution is -2.25. The fourth-order valence-corrected chi connectivity index (χ4v) is 5.29. The summed E-state index contributed by atoms with van der Waals surface area (Å²) < 4.78 is 10.3. The lowest BCUT2D eigenvalue weighted by Gasteiger charge is -2.12. The van der Waals surface area contributed by atoms with Crippen molar-refractivity contribution < 1.29 is 24.2 Å². The molecule has 0 spiro atoms. The van der Waals surface area contributed by atoms with E-state index in [1.54, 1.807) is 0 Å². The van der Waals surface area contributed by atoms with Gasteiger partial charge in [-0.15, -0.1) is 0 Å². The van der Waals surface area contributed by atoms with Crippen molar-refractivity contribution in [1.82, 2.24) is 0 Å². The normalized spacial score (nSPS) is 12.3. The van der Waals surface area contributed by atoms with Crippen LogP contribution in [-0.2, 0) is 19.1 Å². The molecule has 44 heavy (non-hydrogen) atoms. The Morgan fingerprint density at radius 1 is 0.477 bits per heavy atom. The summed E-state index contributed by atoms with van der Waals surface area (Å²) in [5.74, 6) is -0.575. The zero-order valence-electron chi connectivity index (χ0n) is 29.2. The second-order valence-electron chi connectivity index (χ2n) is 12.7. The second-order valence-corrected chi connectivity index (χ2v) is 12.7. The second kappa shape index (κ2) is 35.9. The van der Waals surface area contributed by atoms with Gasteiger partial charge in [0.05, 0.1) is 0 Å². The van der Waals surface area contributed by atoms with Gasteiger partial charge in [-0.3, -0.25) is 9.59 Å². The first-order chi connectivity index (χ1) is 21.6. The Morgan fingerprint density at radius 3 is 1.20 bits per heavy atom. The summed E-state index contributed by atoms with van der Waals surface area (Å²) in [6.45, 7) is 4.27. The molecule has 0 aliphatic carbocycles. The van der Waals surface area contributed by atoms with Crippen LogP contribution >= 0.6 is 0 Å².